The summed E-state index contributed by atoms with van der Waals surface area (Å²) < 4.78 is 0. The summed E-state index contributed by atoms with van der Waals surface area (Å²) in [5.41, 5.74) is 2.04. The average molecular weight is 225 g/mol. The van der Waals surface area contributed by atoms with Gasteiger partial charge in [0.15, 0.2) is 0 Å². The summed E-state index contributed by atoms with van der Waals surface area (Å²) in [7, 11) is 0. The topological polar surface area (TPSA) is 23.5 Å². The van der Waals surface area contributed by atoms with Crippen molar-refractivity contribution >= 4 is 0 Å². The van der Waals surface area contributed by atoms with Gasteiger partial charge in [0.25, 0.3) is 0 Å². The van der Waals surface area contributed by atoms with E-state index in [4.69, 9.17) is 0 Å². The number of hydrogen-bond acceptors (Lipinski definition) is 2. The second kappa shape index (κ2) is 6.62. The van der Waals surface area contributed by atoms with Crippen LogP contribution in [0.3, 0.4) is 0 Å². The Hall–Kier alpha value is -0.920. The molecule has 0 atom stereocenters. The number of allylic oxidation sites excluding steroid dienone is 2. The zero-order valence-electron chi connectivity index (χ0n) is 11.5. The van der Waals surface area contributed by atoms with Crippen LogP contribution in [0.25, 0.3) is 0 Å². The Kier molecular flexibility index (Phi) is 6.24. The SMILES string of the molecule is C=C(CC)N(/C(=C\O)CC)C(C)(C)CCC. The zero-order valence-corrected chi connectivity index (χ0v) is 11.5. The molecule has 0 saturated carbocycles. The molecule has 0 unspecified atom stereocenters. The maximum Gasteiger partial charge on any atom is 0.0986 e. The van der Waals surface area contributed by atoms with Crippen LogP contribution >= 0.6 is 0 Å². The first-order valence-corrected chi connectivity index (χ1v) is 6.25. The molecule has 0 radical (unpaired) electrons. The van der Waals surface area contributed by atoms with Gasteiger partial charge in [0.1, 0.15) is 0 Å². The van der Waals surface area contributed by atoms with E-state index in [2.05, 4.69) is 46.1 Å². The van der Waals surface area contributed by atoms with E-state index in [0.717, 1.165) is 37.1 Å². The fourth-order valence-corrected chi connectivity index (χ4v) is 2.21. The van der Waals surface area contributed by atoms with Gasteiger partial charge in [-0.2, -0.15) is 0 Å². The highest BCUT2D eigenvalue weighted by Gasteiger charge is 2.28. The second-order valence-corrected chi connectivity index (χ2v) is 4.79. The van der Waals surface area contributed by atoms with E-state index < -0.39 is 0 Å². The molecular weight excluding hydrogens is 198 g/mol. The third-order valence-corrected chi connectivity index (χ3v) is 2.99. The second-order valence-electron chi connectivity index (χ2n) is 4.79. The molecule has 0 aliphatic heterocycles. The van der Waals surface area contributed by atoms with E-state index in [1.807, 2.05) is 0 Å². The van der Waals surface area contributed by atoms with Crippen LogP contribution in [0, 0.1) is 0 Å². The zero-order chi connectivity index (χ0) is 12.8. The smallest absolute Gasteiger partial charge is 0.0986 e. The highest BCUT2D eigenvalue weighted by Crippen LogP contribution is 2.31. The van der Waals surface area contributed by atoms with E-state index in [9.17, 15) is 5.11 Å². The normalized spacial score (nSPS) is 12.7. The van der Waals surface area contributed by atoms with Crippen molar-refractivity contribution in [1.82, 2.24) is 4.90 Å². The molecule has 0 aromatic carbocycles. The van der Waals surface area contributed by atoms with Crippen LogP contribution in [0.5, 0.6) is 0 Å². The van der Waals surface area contributed by atoms with Crippen molar-refractivity contribution in [2.24, 2.45) is 0 Å². The summed E-state index contributed by atoms with van der Waals surface area (Å²) in [4.78, 5) is 2.19. The number of hydrogen-bond donors (Lipinski definition) is 1. The van der Waals surface area contributed by atoms with Gasteiger partial charge in [-0.15, -0.1) is 0 Å². The van der Waals surface area contributed by atoms with E-state index in [1.165, 1.54) is 6.26 Å². The molecule has 0 fully saturated rings. The Labute approximate surface area is 101 Å². The third kappa shape index (κ3) is 3.58. The van der Waals surface area contributed by atoms with Crippen LogP contribution in [0.15, 0.2) is 24.2 Å². The standard InChI is InChI=1S/C14H27NO/c1-7-10-14(5,6)15(12(4)8-2)13(9-3)11-16/h11,16H,4,7-10H2,1-3,5-6H3/b13-11-. The molecule has 94 valence electrons. The first-order valence-electron chi connectivity index (χ1n) is 6.25. The van der Waals surface area contributed by atoms with Crippen molar-refractivity contribution in [3.05, 3.63) is 24.2 Å². The number of nitrogens with zero attached hydrogens (tertiary/aromatic N) is 1. The molecule has 0 amide bonds. The Balaban J connectivity index is 5.15. The predicted octanol–water partition coefficient (Wildman–Crippen LogP) is 4.60. The van der Waals surface area contributed by atoms with E-state index in [1.54, 1.807) is 0 Å². The monoisotopic (exact) mass is 225 g/mol. The molecule has 2 heteroatoms. The summed E-state index contributed by atoms with van der Waals surface area (Å²) in [6, 6.07) is 0. The van der Waals surface area contributed by atoms with Gasteiger partial charge in [0.05, 0.1) is 12.0 Å². The molecule has 1 N–H and O–H groups in total. The lowest BCUT2D eigenvalue weighted by Gasteiger charge is -2.42. The number of aliphatic hydroxyl groups excluding tert-OH is 1. The van der Waals surface area contributed by atoms with Crippen molar-refractivity contribution < 1.29 is 5.11 Å². The molecule has 0 spiro atoms. The van der Waals surface area contributed by atoms with Crippen LogP contribution in [-0.4, -0.2) is 15.5 Å². The summed E-state index contributed by atoms with van der Waals surface area (Å²) in [5.74, 6) is 0. The van der Waals surface area contributed by atoms with E-state index in [0.29, 0.717) is 0 Å². The molecule has 0 bridgehead atoms. The maximum atomic E-state index is 9.33. The van der Waals surface area contributed by atoms with Crippen LogP contribution in [0.2, 0.25) is 0 Å². The van der Waals surface area contributed by atoms with Crippen LogP contribution in [-0.2, 0) is 0 Å². The third-order valence-electron chi connectivity index (χ3n) is 2.99. The molecule has 0 aromatic rings. The van der Waals surface area contributed by atoms with E-state index in [-0.39, 0.29) is 5.54 Å². The fraction of sp³-hybridized carbons (Fsp3) is 0.714. The Morgan fingerprint density at radius 2 is 1.81 bits per heavy atom. The average Bonchev–Trinajstić information content (AvgIpc) is 2.24. The van der Waals surface area contributed by atoms with Crippen molar-refractivity contribution in [2.75, 3.05) is 0 Å². The van der Waals surface area contributed by atoms with Crippen molar-refractivity contribution in [1.29, 1.82) is 0 Å². The summed E-state index contributed by atoms with van der Waals surface area (Å²) >= 11 is 0. The van der Waals surface area contributed by atoms with Gasteiger partial charge in [-0.3, -0.25) is 0 Å². The minimum Gasteiger partial charge on any atom is -0.514 e. The lowest BCUT2D eigenvalue weighted by atomic mass is 9.94. The van der Waals surface area contributed by atoms with Gasteiger partial charge in [-0.25, -0.2) is 0 Å². The minimum atomic E-state index is 0.0203. The number of aliphatic hydroxyl groups is 1. The summed E-state index contributed by atoms with van der Waals surface area (Å²) in [6.45, 7) is 14.9. The van der Waals surface area contributed by atoms with E-state index >= 15 is 0 Å². The van der Waals surface area contributed by atoms with Crippen LogP contribution < -0.4 is 0 Å². The highest BCUT2D eigenvalue weighted by molar-refractivity contribution is 5.13. The Morgan fingerprint density at radius 1 is 1.25 bits per heavy atom. The molecule has 0 aliphatic rings. The molecule has 0 saturated heterocycles. The minimum absolute atomic E-state index is 0.0203. The van der Waals surface area contributed by atoms with Gasteiger partial charge >= 0.3 is 0 Å². The maximum absolute atomic E-state index is 9.33. The molecule has 0 heterocycles. The molecule has 0 aromatic heterocycles. The van der Waals surface area contributed by atoms with Crippen molar-refractivity contribution in [2.45, 2.75) is 65.8 Å². The van der Waals surface area contributed by atoms with Crippen LogP contribution in [0.4, 0.5) is 0 Å². The molecule has 0 rings (SSSR count). The first-order chi connectivity index (χ1) is 7.44. The van der Waals surface area contributed by atoms with Crippen LogP contribution in [0.1, 0.15) is 60.3 Å². The Morgan fingerprint density at radius 3 is 2.12 bits per heavy atom. The lowest BCUT2D eigenvalue weighted by Crippen LogP contribution is -2.42. The van der Waals surface area contributed by atoms with Gasteiger partial charge in [-0.1, -0.05) is 33.8 Å². The van der Waals surface area contributed by atoms with Gasteiger partial charge in [-0.05, 0) is 33.1 Å². The first kappa shape index (κ1) is 15.1. The predicted molar refractivity (Wildman–Crippen MR) is 71.3 cm³/mol. The van der Waals surface area contributed by atoms with Gasteiger partial charge in [0, 0.05) is 11.2 Å². The van der Waals surface area contributed by atoms with Gasteiger partial charge in [0.2, 0.25) is 0 Å². The molecule has 0 aliphatic carbocycles. The summed E-state index contributed by atoms with van der Waals surface area (Å²) in [6.07, 6.45) is 5.16. The number of rotatable bonds is 7. The highest BCUT2D eigenvalue weighted by atomic mass is 16.2. The quantitative estimate of drug-likeness (QED) is 0.640. The molecule has 2 nitrogen and oxygen atoms in total. The fourth-order valence-electron chi connectivity index (χ4n) is 2.21. The lowest BCUT2D eigenvalue weighted by molar-refractivity contribution is 0.183. The molecular formula is C14H27NO. The molecule has 16 heavy (non-hydrogen) atoms. The van der Waals surface area contributed by atoms with Crippen molar-refractivity contribution in [3.8, 4) is 0 Å². The van der Waals surface area contributed by atoms with Crippen molar-refractivity contribution in [3.63, 3.8) is 0 Å². The largest absolute Gasteiger partial charge is 0.514 e. The summed E-state index contributed by atoms with van der Waals surface area (Å²) in [5, 5.41) is 9.33. The Bertz CT molecular complexity index is 253. The van der Waals surface area contributed by atoms with Gasteiger partial charge < -0.3 is 10.0 Å².